The van der Waals surface area contributed by atoms with Crippen molar-refractivity contribution in [1.82, 2.24) is 9.55 Å². The maximum atomic E-state index is 13.8. The van der Waals surface area contributed by atoms with Crippen molar-refractivity contribution in [2.24, 2.45) is 5.73 Å². The maximum Gasteiger partial charge on any atom is 0.416 e. The number of primary amides is 1. The van der Waals surface area contributed by atoms with E-state index in [1.54, 1.807) is 35.7 Å². The average molecular weight is 450 g/mol. The molecule has 2 aromatic carbocycles. The maximum absolute atomic E-state index is 13.8. The smallest absolute Gasteiger partial charge is 0.364 e. The summed E-state index contributed by atoms with van der Waals surface area (Å²) in [6, 6.07) is 7.04. The lowest BCUT2D eigenvalue weighted by Gasteiger charge is -2.17. The number of anilines is 3. The Morgan fingerprint density at radius 3 is 2.28 bits per heavy atom. The number of benzene rings is 2. The SMILES string of the molecule is CN(C)c1c(C(N)=O)ncn1-c1ccc(NC(=O)Nc2cc(C(F)(F)F)ccc2F)cc1. The van der Waals surface area contributed by atoms with Crippen molar-refractivity contribution in [2.75, 3.05) is 29.6 Å². The van der Waals surface area contributed by atoms with E-state index < -0.39 is 35.2 Å². The zero-order valence-electron chi connectivity index (χ0n) is 16.9. The van der Waals surface area contributed by atoms with Gasteiger partial charge in [-0.15, -0.1) is 0 Å². The van der Waals surface area contributed by atoms with Crippen molar-refractivity contribution in [3.05, 3.63) is 65.9 Å². The van der Waals surface area contributed by atoms with Gasteiger partial charge in [0.25, 0.3) is 5.91 Å². The Morgan fingerprint density at radius 1 is 1.06 bits per heavy atom. The van der Waals surface area contributed by atoms with Crippen LogP contribution in [0.4, 0.5) is 39.5 Å². The third kappa shape index (κ3) is 4.79. The zero-order valence-corrected chi connectivity index (χ0v) is 16.9. The van der Waals surface area contributed by atoms with Gasteiger partial charge in [-0.1, -0.05) is 0 Å². The van der Waals surface area contributed by atoms with Crippen LogP contribution >= 0.6 is 0 Å². The van der Waals surface area contributed by atoms with Crippen LogP contribution in [-0.4, -0.2) is 35.6 Å². The molecule has 3 rings (SSSR count). The van der Waals surface area contributed by atoms with E-state index in [0.29, 0.717) is 35.4 Å². The molecule has 1 heterocycles. The van der Waals surface area contributed by atoms with Crippen LogP contribution in [-0.2, 0) is 6.18 Å². The van der Waals surface area contributed by atoms with Gasteiger partial charge < -0.3 is 21.3 Å². The highest BCUT2D eigenvalue weighted by Crippen LogP contribution is 2.32. The van der Waals surface area contributed by atoms with Crippen LogP contribution < -0.4 is 21.3 Å². The minimum absolute atomic E-state index is 0.0830. The van der Waals surface area contributed by atoms with E-state index in [2.05, 4.69) is 15.6 Å². The Bertz CT molecular complexity index is 1160. The minimum Gasteiger partial charge on any atom is -0.364 e. The molecule has 0 fully saturated rings. The molecule has 0 spiro atoms. The number of amides is 3. The predicted molar refractivity (Wildman–Crippen MR) is 110 cm³/mol. The van der Waals surface area contributed by atoms with Gasteiger partial charge in [-0.05, 0) is 42.5 Å². The monoisotopic (exact) mass is 450 g/mol. The van der Waals surface area contributed by atoms with Crippen LogP contribution in [0.3, 0.4) is 0 Å². The fourth-order valence-electron chi connectivity index (χ4n) is 2.92. The first-order valence-corrected chi connectivity index (χ1v) is 9.07. The second-order valence-electron chi connectivity index (χ2n) is 6.86. The highest BCUT2D eigenvalue weighted by Gasteiger charge is 2.31. The van der Waals surface area contributed by atoms with Crippen LogP contribution in [0.1, 0.15) is 16.1 Å². The molecule has 32 heavy (non-hydrogen) atoms. The summed E-state index contributed by atoms with van der Waals surface area (Å²) in [6.07, 6.45) is -3.26. The van der Waals surface area contributed by atoms with Gasteiger partial charge >= 0.3 is 12.2 Å². The van der Waals surface area contributed by atoms with Gasteiger partial charge in [0.05, 0.1) is 11.3 Å². The standard InChI is InChI=1S/C20H18F4N6O2/c1-29(2)18-16(17(25)31)26-10-30(18)13-6-4-12(5-7-13)27-19(32)28-15-9-11(20(22,23)24)3-8-14(15)21/h3-10H,1-2H3,(H2,25,31)(H2,27,28,32). The van der Waals surface area contributed by atoms with Gasteiger partial charge in [-0.25, -0.2) is 14.2 Å². The van der Waals surface area contributed by atoms with Crippen molar-refractivity contribution in [3.63, 3.8) is 0 Å². The number of nitrogens with zero attached hydrogens (tertiary/aromatic N) is 3. The predicted octanol–water partition coefficient (Wildman–Crippen LogP) is 3.84. The summed E-state index contributed by atoms with van der Waals surface area (Å²) in [7, 11) is 3.43. The molecule has 0 saturated heterocycles. The van der Waals surface area contributed by atoms with Crippen LogP contribution in [0.2, 0.25) is 0 Å². The number of rotatable bonds is 5. The molecule has 0 atom stereocenters. The van der Waals surface area contributed by atoms with Crippen molar-refractivity contribution < 1.29 is 27.2 Å². The van der Waals surface area contributed by atoms with E-state index in [9.17, 15) is 27.2 Å². The van der Waals surface area contributed by atoms with Crippen molar-refractivity contribution in [2.45, 2.75) is 6.18 Å². The Kier molecular flexibility index (Phi) is 6.05. The van der Waals surface area contributed by atoms with E-state index >= 15 is 0 Å². The summed E-state index contributed by atoms with van der Waals surface area (Å²) < 4.78 is 53.8. The molecule has 0 unspecified atom stereocenters. The summed E-state index contributed by atoms with van der Waals surface area (Å²) in [4.78, 5) is 29.4. The number of carbonyl (C=O) groups excluding carboxylic acids is 2. The van der Waals surface area contributed by atoms with E-state index in [1.807, 2.05) is 0 Å². The van der Waals surface area contributed by atoms with E-state index in [0.717, 1.165) is 0 Å². The minimum atomic E-state index is -4.68. The lowest BCUT2D eigenvalue weighted by molar-refractivity contribution is -0.137. The average Bonchev–Trinajstić information content (AvgIpc) is 3.15. The molecule has 3 amide bonds. The van der Waals surface area contributed by atoms with Gasteiger partial charge in [-0.2, -0.15) is 13.2 Å². The topological polar surface area (TPSA) is 105 Å². The second-order valence-corrected chi connectivity index (χ2v) is 6.86. The summed E-state index contributed by atoms with van der Waals surface area (Å²) in [5.41, 5.74) is 4.62. The third-order valence-electron chi connectivity index (χ3n) is 4.34. The molecule has 8 nitrogen and oxygen atoms in total. The highest BCUT2D eigenvalue weighted by atomic mass is 19.4. The molecule has 0 aliphatic carbocycles. The van der Waals surface area contributed by atoms with E-state index in [1.165, 1.54) is 18.5 Å². The fraction of sp³-hybridized carbons (Fsp3) is 0.150. The number of urea groups is 1. The molecule has 168 valence electrons. The number of hydrogen-bond acceptors (Lipinski definition) is 4. The Balaban J connectivity index is 1.76. The molecular formula is C20H18F4N6O2. The number of halogens is 4. The first-order chi connectivity index (χ1) is 15.0. The summed E-state index contributed by atoms with van der Waals surface area (Å²) >= 11 is 0. The summed E-state index contributed by atoms with van der Waals surface area (Å²) in [5.74, 6) is -1.25. The molecule has 0 aliphatic heterocycles. The van der Waals surface area contributed by atoms with Gasteiger partial charge in [0.15, 0.2) is 5.69 Å². The molecule has 0 radical (unpaired) electrons. The number of nitrogens with two attached hydrogens (primary N) is 1. The fourth-order valence-corrected chi connectivity index (χ4v) is 2.92. The van der Waals surface area contributed by atoms with Crippen molar-refractivity contribution >= 4 is 29.1 Å². The Hall–Kier alpha value is -4.09. The molecule has 12 heteroatoms. The Labute approximate surface area is 179 Å². The first-order valence-electron chi connectivity index (χ1n) is 9.07. The molecular weight excluding hydrogens is 432 g/mol. The van der Waals surface area contributed by atoms with Gasteiger partial charge in [0.2, 0.25) is 0 Å². The summed E-state index contributed by atoms with van der Waals surface area (Å²) in [5, 5.41) is 4.47. The van der Waals surface area contributed by atoms with Gasteiger partial charge in [-0.3, -0.25) is 9.36 Å². The van der Waals surface area contributed by atoms with Crippen LogP contribution in [0.15, 0.2) is 48.8 Å². The zero-order chi connectivity index (χ0) is 23.6. The number of nitrogens with one attached hydrogen (secondary N) is 2. The molecule has 0 aliphatic rings. The number of alkyl halides is 3. The van der Waals surface area contributed by atoms with Crippen LogP contribution in [0, 0.1) is 5.82 Å². The van der Waals surface area contributed by atoms with Crippen LogP contribution in [0.25, 0.3) is 5.69 Å². The van der Waals surface area contributed by atoms with E-state index in [-0.39, 0.29) is 5.69 Å². The molecule has 1 aromatic heterocycles. The molecule has 4 N–H and O–H groups in total. The number of carbonyl (C=O) groups is 2. The quantitative estimate of drug-likeness (QED) is 0.514. The lowest BCUT2D eigenvalue weighted by atomic mass is 10.2. The van der Waals surface area contributed by atoms with Gasteiger partial charge in [0.1, 0.15) is 18.0 Å². The van der Waals surface area contributed by atoms with Crippen LogP contribution in [0.5, 0.6) is 0 Å². The van der Waals surface area contributed by atoms with Crippen molar-refractivity contribution in [3.8, 4) is 5.69 Å². The third-order valence-corrected chi connectivity index (χ3v) is 4.34. The van der Waals surface area contributed by atoms with Gasteiger partial charge in [0, 0.05) is 25.5 Å². The number of imidazole rings is 1. The van der Waals surface area contributed by atoms with E-state index in [4.69, 9.17) is 5.73 Å². The number of aromatic nitrogens is 2. The second kappa shape index (κ2) is 8.57. The molecule has 3 aromatic rings. The van der Waals surface area contributed by atoms with Crippen molar-refractivity contribution in [1.29, 1.82) is 0 Å². The molecule has 0 saturated carbocycles. The summed E-state index contributed by atoms with van der Waals surface area (Å²) in [6.45, 7) is 0. The lowest BCUT2D eigenvalue weighted by Crippen LogP contribution is -2.21. The molecule has 0 bridgehead atoms. The largest absolute Gasteiger partial charge is 0.416 e. The Morgan fingerprint density at radius 2 is 1.72 bits per heavy atom. The number of hydrogen-bond donors (Lipinski definition) is 3. The highest BCUT2D eigenvalue weighted by molar-refractivity contribution is 6.00. The normalized spacial score (nSPS) is 11.2. The first kappa shape index (κ1) is 22.6.